The summed E-state index contributed by atoms with van der Waals surface area (Å²) in [5.74, 6) is 0.371. The average Bonchev–Trinajstić information content (AvgIpc) is 2.81. The van der Waals surface area contributed by atoms with Gasteiger partial charge in [-0.05, 0) is 82.7 Å². The van der Waals surface area contributed by atoms with E-state index >= 15 is 0 Å². The Labute approximate surface area is 206 Å². The van der Waals surface area contributed by atoms with Gasteiger partial charge in [0.1, 0.15) is 17.2 Å². The second-order valence-electron chi connectivity index (χ2n) is 10.3. The predicted octanol–water partition coefficient (Wildman–Crippen LogP) is 5.70. The number of benzene rings is 1. The van der Waals surface area contributed by atoms with Crippen molar-refractivity contribution in [3.05, 3.63) is 54.0 Å². The topological polar surface area (TPSA) is 86.7 Å². The van der Waals surface area contributed by atoms with Gasteiger partial charge < -0.3 is 25.4 Å². The fourth-order valence-corrected chi connectivity index (χ4v) is 4.43. The maximum atomic E-state index is 13.3. The number of hydrogen-bond donors (Lipinski definition) is 3. The molecule has 2 heterocycles. The van der Waals surface area contributed by atoms with Gasteiger partial charge >= 0.3 is 6.09 Å². The van der Waals surface area contributed by atoms with Gasteiger partial charge in [-0.3, -0.25) is 0 Å². The number of nitrogens with zero attached hydrogens (tertiary/aromatic N) is 2. The average molecular weight is 483 g/mol. The fourth-order valence-electron chi connectivity index (χ4n) is 4.43. The molecular weight excluding hydrogens is 447 g/mol. The zero-order valence-corrected chi connectivity index (χ0v) is 20.7. The molecule has 35 heavy (non-hydrogen) atoms. The summed E-state index contributed by atoms with van der Waals surface area (Å²) in [7, 11) is 0. The fraction of sp³-hybridized carbons (Fsp3) is 0.481. The van der Waals surface area contributed by atoms with Crippen LogP contribution in [-0.4, -0.2) is 51.9 Å². The number of anilines is 3. The number of halogens is 1. The Morgan fingerprint density at radius 3 is 2.51 bits per heavy atom. The first-order valence-electron chi connectivity index (χ1n) is 12.3. The molecule has 1 fully saturated rings. The minimum Gasteiger partial charge on any atom is -0.444 e. The van der Waals surface area contributed by atoms with Crippen molar-refractivity contribution in [2.45, 2.75) is 70.6 Å². The van der Waals surface area contributed by atoms with E-state index in [9.17, 15) is 14.3 Å². The molecule has 1 aromatic carbocycles. The highest BCUT2D eigenvalue weighted by atomic mass is 19.1. The van der Waals surface area contributed by atoms with E-state index in [1.54, 1.807) is 17.0 Å². The third-order valence-electron chi connectivity index (χ3n) is 6.28. The lowest BCUT2D eigenvalue weighted by molar-refractivity contribution is 0.0270. The predicted molar refractivity (Wildman–Crippen MR) is 136 cm³/mol. The third-order valence-corrected chi connectivity index (χ3v) is 6.28. The van der Waals surface area contributed by atoms with E-state index in [1.165, 1.54) is 12.1 Å². The number of ether oxygens (including phenoxy) is 1. The molecule has 0 bridgehead atoms. The molecule has 1 aromatic heterocycles. The molecule has 0 saturated heterocycles. The van der Waals surface area contributed by atoms with Gasteiger partial charge in [0.2, 0.25) is 0 Å². The first-order valence-corrected chi connectivity index (χ1v) is 12.3. The highest BCUT2D eigenvalue weighted by Gasteiger charge is 2.26. The van der Waals surface area contributed by atoms with Crippen LogP contribution < -0.4 is 10.6 Å². The Kier molecular flexibility index (Phi) is 7.60. The van der Waals surface area contributed by atoms with E-state index in [1.807, 2.05) is 33.0 Å². The largest absolute Gasteiger partial charge is 0.444 e. The second-order valence-corrected chi connectivity index (χ2v) is 10.3. The van der Waals surface area contributed by atoms with Gasteiger partial charge in [0.25, 0.3) is 0 Å². The van der Waals surface area contributed by atoms with E-state index in [0.29, 0.717) is 25.3 Å². The molecule has 2 aliphatic rings. The second kappa shape index (κ2) is 10.6. The lowest BCUT2D eigenvalue weighted by Gasteiger charge is -2.31. The van der Waals surface area contributed by atoms with E-state index in [4.69, 9.17) is 4.74 Å². The number of amides is 1. The number of aliphatic hydroxyl groups excluding tert-OH is 1. The van der Waals surface area contributed by atoms with Crippen LogP contribution in [0.3, 0.4) is 0 Å². The molecule has 1 aliphatic carbocycles. The lowest BCUT2D eigenvalue weighted by atomic mass is 9.92. The quantitative estimate of drug-likeness (QED) is 0.507. The Hall–Kier alpha value is -3.13. The molecule has 1 amide bonds. The molecule has 0 spiro atoms. The summed E-state index contributed by atoms with van der Waals surface area (Å²) in [6.45, 7) is 6.66. The number of aliphatic hydroxyl groups is 1. The zero-order chi connectivity index (χ0) is 25.0. The summed E-state index contributed by atoms with van der Waals surface area (Å²) in [4.78, 5) is 18.8. The number of carbonyl (C=O) groups is 1. The summed E-state index contributed by atoms with van der Waals surface area (Å²) in [5.41, 5.74) is 3.32. The molecular formula is C27H35FN4O3. The number of hydrogen-bond acceptors (Lipinski definition) is 6. The van der Waals surface area contributed by atoms with Gasteiger partial charge in [-0.15, -0.1) is 0 Å². The van der Waals surface area contributed by atoms with Crippen molar-refractivity contribution in [3.63, 3.8) is 0 Å². The van der Waals surface area contributed by atoms with Crippen molar-refractivity contribution < 1.29 is 19.0 Å². The minimum atomic E-state index is -0.525. The van der Waals surface area contributed by atoms with Gasteiger partial charge in [-0.2, -0.15) is 0 Å². The van der Waals surface area contributed by atoms with Crippen LogP contribution in [0.25, 0.3) is 5.57 Å². The summed E-state index contributed by atoms with van der Waals surface area (Å²) in [5, 5.41) is 16.8. The molecule has 4 rings (SSSR count). The monoisotopic (exact) mass is 482 g/mol. The summed E-state index contributed by atoms with van der Waals surface area (Å²) < 4.78 is 18.8. The third kappa shape index (κ3) is 6.94. The lowest BCUT2D eigenvalue weighted by Crippen LogP contribution is -2.39. The molecule has 8 heteroatoms. The van der Waals surface area contributed by atoms with Gasteiger partial charge in [-0.25, -0.2) is 14.2 Å². The number of pyridine rings is 1. The zero-order valence-electron chi connectivity index (χ0n) is 20.7. The number of nitrogens with one attached hydrogen (secondary N) is 2. The van der Waals surface area contributed by atoms with Gasteiger partial charge in [0.15, 0.2) is 0 Å². The van der Waals surface area contributed by atoms with Crippen molar-refractivity contribution in [3.8, 4) is 0 Å². The SMILES string of the molecule is CC(C)(C)OC(=O)N1CC=C(c2cnc(Nc3ccc(F)cc3)cc2NC2CCC(O)CC2)CC1. The van der Waals surface area contributed by atoms with Crippen molar-refractivity contribution >= 4 is 28.9 Å². The maximum absolute atomic E-state index is 13.3. The van der Waals surface area contributed by atoms with Crippen LogP contribution in [-0.2, 0) is 4.74 Å². The molecule has 0 atom stereocenters. The van der Waals surface area contributed by atoms with Crippen molar-refractivity contribution in [1.82, 2.24) is 9.88 Å². The summed E-state index contributed by atoms with van der Waals surface area (Å²) >= 11 is 0. The van der Waals surface area contributed by atoms with Crippen molar-refractivity contribution in [2.24, 2.45) is 0 Å². The minimum absolute atomic E-state index is 0.222. The van der Waals surface area contributed by atoms with Crippen LogP contribution in [0.2, 0.25) is 0 Å². The molecule has 1 aliphatic heterocycles. The molecule has 1 saturated carbocycles. The van der Waals surface area contributed by atoms with Crippen molar-refractivity contribution in [1.29, 1.82) is 0 Å². The van der Waals surface area contributed by atoms with Gasteiger partial charge in [0.05, 0.1) is 6.10 Å². The van der Waals surface area contributed by atoms with E-state index < -0.39 is 5.60 Å². The Bertz CT molecular complexity index is 1060. The van der Waals surface area contributed by atoms with Gasteiger partial charge in [0, 0.05) is 48.3 Å². The summed E-state index contributed by atoms with van der Waals surface area (Å²) in [6, 6.07) is 8.41. The summed E-state index contributed by atoms with van der Waals surface area (Å²) in [6.07, 6.45) is 7.45. The van der Waals surface area contributed by atoms with Gasteiger partial charge in [-0.1, -0.05) is 6.08 Å². The van der Waals surface area contributed by atoms with E-state index in [-0.39, 0.29) is 24.1 Å². The van der Waals surface area contributed by atoms with Crippen LogP contribution in [0.4, 0.5) is 26.4 Å². The van der Waals surface area contributed by atoms with Crippen LogP contribution in [0, 0.1) is 5.82 Å². The molecule has 3 N–H and O–H groups in total. The smallest absolute Gasteiger partial charge is 0.410 e. The van der Waals surface area contributed by atoms with E-state index in [0.717, 1.165) is 48.2 Å². The van der Waals surface area contributed by atoms with Crippen LogP contribution >= 0.6 is 0 Å². The number of rotatable bonds is 5. The van der Waals surface area contributed by atoms with E-state index in [2.05, 4.69) is 21.7 Å². The Morgan fingerprint density at radius 1 is 1.17 bits per heavy atom. The van der Waals surface area contributed by atoms with Crippen molar-refractivity contribution in [2.75, 3.05) is 23.7 Å². The van der Waals surface area contributed by atoms with Crippen LogP contribution in [0.1, 0.15) is 58.4 Å². The maximum Gasteiger partial charge on any atom is 0.410 e. The molecule has 0 radical (unpaired) electrons. The van der Waals surface area contributed by atoms with Crippen LogP contribution in [0.5, 0.6) is 0 Å². The first kappa shape index (κ1) is 25.0. The number of carbonyl (C=O) groups excluding carboxylic acids is 1. The Balaban J connectivity index is 1.54. The highest BCUT2D eigenvalue weighted by Crippen LogP contribution is 2.33. The molecule has 2 aromatic rings. The highest BCUT2D eigenvalue weighted by molar-refractivity contribution is 5.80. The normalized spacial score (nSPS) is 20.7. The number of aromatic nitrogens is 1. The molecule has 7 nitrogen and oxygen atoms in total. The standard InChI is InChI=1S/C27H35FN4O3/c1-27(2,3)35-26(34)32-14-12-18(13-15-32)23-17-29-25(31-21-6-4-19(28)5-7-21)16-24(23)30-20-8-10-22(33)11-9-20/h4-7,12,16-17,20,22,33H,8-11,13-15H2,1-3H3,(H2,29,30,31). The molecule has 188 valence electrons. The van der Waals surface area contributed by atoms with Crippen LogP contribution in [0.15, 0.2) is 42.6 Å². The Morgan fingerprint density at radius 2 is 1.89 bits per heavy atom. The first-order chi connectivity index (χ1) is 16.7. The molecule has 0 unspecified atom stereocenters.